The molecule has 1 rings (SSSR count). The molecule has 2 heteroatoms. The second-order valence-electron chi connectivity index (χ2n) is 5.45. The normalized spacial score (nSPS) is 14.6. The van der Waals surface area contributed by atoms with Crippen LogP contribution in [0.15, 0.2) is 6.20 Å². The zero-order valence-electron chi connectivity index (χ0n) is 10.9. The molecule has 0 aliphatic rings. The SMILES string of the molecule is CCC(C)(C)c1cnc(C(C)C(C)C)[nH]1. The number of rotatable bonds is 4. The fourth-order valence-electron chi connectivity index (χ4n) is 1.42. The topological polar surface area (TPSA) is 28.7 Å². The fourth-order valence-corrected chi connectivity index (χ4v) is 1.42. The molecule has 1 aromatic heterocycles. The maximum absolute atomic E-state index is 4.50. The highest BCUT2D eigenvalue weighted by molar-refractivity contribution is 5.14. The van der Waals surface area contributed by atoms with Crippen molar-refractivity contribution in [1.82, 2.24) is 9.97 Å². The van der Waals surface area contributed by atoms with Crippen LogP contribution >= 0.6 is 0 Å². The Labute approximate surface area is 93.5 Å². The predicted octanol–water partition coefficient (Wildman–Crippen LogP) is 3.86. The summed E-state index contributed by atoms with van der Waals surface area (Å²) in [4.78, 5) is 7.97. The Hall–Kier alpha value is -0.790. The van der Waals surface area contributed by atoms with E-state index in [1.807, 2.05) is 6.20 Å². The van der Waals surface area contributed by atoms with Gasteiger partial charge in [-0.2, -0.15) is 0 Å². The van der Waals surface area contributed by atoms with Crippen molar-refractivity contribution in [1.29, 1.82) is 0 Å². The number of aromatic amines is 1. The van der Waals surface area contributed by atoms with Gasteiger partial charge in [-0.1, -0.05) is 41.5 Å². The monoisotopic (exact) mass is 208 g/mol. The number of imidazole rings is 1. The Bertz CT molecular complexity index is 310. The maximum Gasteiger partial charge on any atom is 0.109 e. The highest BCUT2D eigenvalue weighted by Gasteiger charge is 2.22. The highest BCUT2D eigenvalue weighted by Crippen LogP contribution is 2.27. The average Bonchev–Trinajstić information content (AvgIpc) is 2.65. The van der Waals surface area contributed by atoms with Crippen LogP contribution < -0.4 is 0 Å². The van der Waals surface area contributed by atoms with Crippen LogP contribution in [-0.2, 0) is 5.41 Å². The second-order valence-corrected chi connectivity index (χ2v) is 5.45. The minimum Gasteiger partial charge on any atom is -0.345 e. The number of nitrogens with zero attached hydrogens (tertiary/aromatic N) is 1. The van der Waals surface area contributed by atoms with E-state index in [2.05, 4.69) is 51.5 Å². The first kappa shape index (κ1) is 12.3. The van der Waals surface area contributed by atoms with Crippen LogP contribution in [0.25, 0.3) is 0 Å². The van der Waals surface area contributed by atoms with Gasteiger partial charge in [0.15, 0.2) is 0 Å². The van der Waals surface area contributed by atoms with Gasteiger partial charge in [-0.3, -0.25) is 0 Å². The van der Waals surface area contributed by atoms with Crippen molar-refractivity contribution in [2.24, 2.45) is 5.92 Å². The van der Waals surface area contributed by atoms with E-state index in [1.54, 1.807) is 0 Å². The van der Waals surface area contributed by atoms with E-state index in [0.29, 0.717) is 11.8 Å². The van der Waals surface area contributed by atoms with Crippen LogP contribution in [0.3, 0.4) is 0 Å². The van der Waals surface area contributed by atoms with Crippen LogP contribution in [0.2, 0.25) is 0 Å². The minimum absolute atomic E-state index is 0.210. The lowest BCUT2D eigenvalue weighted by molar-refractivity contribution is 0.482. The third-order valence-electron chi connectivity index (χ3n) is 3.64. The van der Waals surface area contributed by atoms with Gasteiger partial charge in [0.25, 0.3) is 0 Å². The highest BCUT2D eigenvalue weighted by atomic mass is 14.9. The van der Waals surface area contributed by atoms with Crippen LogP contribution in [0.1, 0.15) is 65.4 Å². The average molecular weight is 208 g/mol. The number of hydrogen-bond donors (Lipinski definition) is 1. The Balaban J connectivity index is 2.90. The first-order chi connectivity index (χ1) is 6.88. The molecule has 1 N–H and O–H groups in total. The molecule has 0 aliphatic carbocycles. The van der Waals surface area contributed by atoms with E-state index in [0.717, 1.165) is 12.2 Å². The summed E-state index contributed by atoms with van der Waals surface area (Å²) in [6.45, 7) is 13.4. The number of H-pyrrole nitrogens is 1. The number of nitrogens with one attached hydrogen (secondary N) is 1. The molecular formula is C13H24N2. The van der Waals surface area contributed by atoms with Crippen LogP contribution in [0.4, 0.5) is 0 Å². The maximum atomic E-state index is 4.50. The third kappa shape index (κ3) is 2.61. The molecule has 0 saturated heterocycles. The van der Waals surface area contributed by atoms with E-state index in [4.69, 9.17) is 0 Å². The number of aromatic nitrogens is 2. The van der Waals surface area contributed by atoms with Crippen molar-refractivity contribution in [2.75, 3.05) is 0 Å². The lowest BCUT2D eigenvalue weighted by Gasteiger charge is -2.20. The van der Waals surface area contributed by atoms with Crippen molar-refractivity contribution >= 4 is 0 Å². The molecule has 0 aromatic carbocycles. The molecule has 0 saturated carbocycles. The van der Waals surface area contributed by atoms with Gasteiger partial charge in [0.2, 0.25) is 0 Å². The first-order valence-electron chi connectivity index (χ1n) is 5.94. The molecule has 1 atom stereocenters. The van der Waals surface area contributed by atoms with Gasteiger partial charge >= 0.3 is 0 Å². The molecule has 0 spiro atoms. The van der Waals surface area contributed by atoms with Crippen molar-refractivity contribution in [2.45, 2.75) is 59.3 Å². The summed E-state index contributed by atoms with van der Waals surface area (Å²) in [7, 11) is 0. The third-order valence-corrected chi connectivity index (χ3v) is 3.64. The van der Waals surface area contributed by atoms with E-state index in [-0.39, 0.29) is 5.41 Å². The lowest BCUT2D eigenvalue weighted by Crippen LogP contribution is -2.16. The van der Waals surface area contributed by atoms with E-state index in [9.17, 15) is 0 Å². The zero-order valence-corrected chi connectivity index (χ0v) is 10.9. The predicted molar refractivity (Wildman–Crippen MR) is 65.2 cm³/mol. The van der Waals surface area contributed by atoms with Crippen molar-refractivity contribution in [3.8, 4) is 0 Å². The summed E-state index contributed by atoms with van der Waals surface area (Å²) in [6.07, 6.45) is 3.13. The van der Waals surface area contributed by atoms with Gasteiger partial charge in [0.05, 0.1) is 0 Å². The molecule has 2 nitrogen and oxygen atoms in total. The van der Waals surface area contributed by atoms with Gasteiger partial charge in [-0.05, 0) is 12.3 Å². The summed E-state index contributed by atoms with van der Waals surface area (Å²) in [5, 5.41) is 0. The van der Waals surface area contributed by atoms with Gasteiger partial charge in [0, 0.05) is 23.2 Å². The van der Waals surface area contributed by atoms with E-state index >= 15 is 0 Å². The van der Waals surface area contributed by atoms with Gasteiger partial charge in [-0.25, -0.2) is 4.98 Å². The van der Waals surface area contributed by atoms with Crippen molar-refractivity contribution < 1.29 is 0 Å². The van der Waals surface area contributed by atoms with Gasteiger partial charge < -0.3 is 4.98 Å². The molecule has 1 aromatic rings. The Morgan fingerprint density at radius 3 is 2.40 bits per heavy atom. The molecule has 0 aliphatic heterocycles. The van der Waals surface area contributed by atoms with E-state index < -0.39 is 0 Å². The molecule has 0 fully saturated rings. The molecule has 0 bridgehead atoms. The molecule has 0 amide bonds. The summed E-state index contributed by atoms with van der Waals surface area (Å²) < 4.78 is 0. The van der Waals surface area contributed by atoms with E-state index in [1.165, 1.54) is 5.69 Å². The van der Waals surface area contributed by atoms with Crippen LogP contribution in [0.5, 0.6) is 0 Å². The molecule has 15 heavy (non-hydrogen) atoms. The quantitative estimate of drug-likeness (QED) is 0.799. The summed E-state index contributed by atoms with van der Waals surface area (Å²) >= 11 is 0. The Morgan fingerprint density at radius 2 is 1.93 bits per heavy atom. The molecule has 1 unspecified atom stereocenters. The minimum atomic E-state index is 0.210. The number of hydrogen-bond acceptors (Lipinski definition) is 1. The van der Waals surface area contributed by atoms with Gasteiger partial charge in [-0.15, -0.1) is 0 Å². The first-order valence-corrected chi connectivity index (χ1v) is 5.94. The zero-order chi connectivity index (χ0) is 11.6. The lowest BCUT2D eigenvalue weighted by atomic mass is 9.87. The standard InChI is InChI=1S/C13H24N2/c1-7-13(5,6)11-8-14-12(15-11)10(4)9(2)3/h8-10H,7H2,1-6H3,(H,14,15). The summed E-state index contributed by atoms with van der Waals surface area (Å²) in [6, 6.07) is 0. The Kier molecular flexibility index (Phi) is 3.58. The smallest absolute Gasteiger partial charge is 0.109 e. The molecular weight excluding hydrogens is 184 g/mol. The molecule has 1 heterocycles. The van der Waals surface area contributed by atoms with Crippen LogP contribution in [-0.4, -0.2) is 9.97 Å². The van der Waals surface area contributed by atoms with Crippen molar-refractivity contribution in [3.63, 3.8) is 0 Å². The summed E-state index contributed by atoms with van der Waals surface area (Å²) in [5.74, 6) is 2.27. The largest absolute Gasteiger partial charge is 0.345 e. The Morgan fingerprint density at radius 1 is 1.33 bits per heavy atom. The van der Waals surface area contributed by atoms with Crippen molar-refractivity contribution in [3.05, 3.63) is 17.7 Å². The molecule has 0 radical (unpaired) electrons. The molecule has 86 valence electrons. The second kappa shape index (κ2) is 4.38. The fraction of sp³-hybridized carbons (Fsp3) is 0.769. The van der Waals surface area contributed by atoms with Gasteiger partial charge in [0.1, 0.15) is 5.82 Å². The van der Waals surface area contributed by atoms with Crippen LogP contribution in [0, 0.1) is 5.92 Å². The summed E-state index contributed by atoms with van der Waals surface area (Å²) in [5.41, 5.74) is 1.47.